The van der Waals surface area contributed by atoms with E-state index in [0.717, 1.165) is 24.0 Å². The largest absolute Gasteiger partial charge is 0.489 e. The number of benzene rings is 6. The third kappa shape index (κ3) is 5.94. The Morgan fingerprint density at radius 2 is 1.06 bits per heavy atom. The van der Waals surface area contributed by atoms with Gasteiger partial charge in [0, 0.05) is 5.41 Å². The summed E-state index contributed by atoms with van der Waals surface area (Å²) in [5.41, 5.74) is 7.92. The molecule has 0 saturated carbocycles. The van der Waals surface area contributed by atoms with Crippen LogP contribution in [0.3, 0.4) is 0 Å². The summed E-state index contributed by atoms with van der Waals surface area (Å²) in [5.74, 6) is 0. The van der Waals surface area contributed by atoms with Crippen molar-refractivity contribution in [2.24, 2.45) is 0 Å². The van der Waals surface area contributed by atoms with Crippen molar-refractivity contribution >= 4 is 44.9 Å². The van der Waals surface area contributed by atoms with Crippen molar-refractivity contribution in [2.75, 3.05) is 0 Å². The highest BCUT2D eigenvalue weighted by molar-refractivity contribution is 6.60. The maximum atomic E-state index is 11.0. The van der Waals surface area contributed by atoms with Gasteiger partial charge in [0.1, 0.15) is 0 Å². The first-order valence-electron chi connectivity index (χ1n) is 18.9. The fourth-order valence-electron chi connectivity index (χ4n) is 9.09. The van der Waals surface area contributed by atoms with E-state index in [1.807, 2.05) is 6.07 Å². The summed E-state index contributed by atoms with van der Waals surface area (Å²) in [7, 11) is -1.55. The van der Waals surface area contributed by atoms with Crippen LogP contribution in [0.2, 0.25) is 0 Å². The van der Waals surface area contributed by atoms with E-state index in [1.54, 1.807) is 0 Å². The maximum absolute atomic E-state index is 11.0. The average Bonchev–Trinajstić information content (AvgIpc) is 3.39. The van der Waals surface area contributed by atoms with Gasteiger partial charge >= 0.3 is 7.12 Å². The zero-order valence-electron chi connectivity index (χ0n) is 29.0. The fourth-order valence-corrected chi connectivity index (χ4v) is 9.09. The summed E-state index contributed by atoms with van der Waals surface area (Å²) in [5, 5.41) is 29.6. The highest BCUT2D eigenvalue weighted by atomic mass is 16.4. The Morgan fingerprint density at radius 1 is 0.521 bits per heavy atom. The Hall–Kier alpha value is -3.66. The van der Waals surface area contributed by atoms with Crippen LogP contribution in [-0.4, -0.2) is 17.2 Å². The summed E-state index contributed by atoms with van der Waals surface area (Å²) in [6, 6.07) is 33.4. The van der Waals surface area contributed by atoms with Crippen LogP contribution in [0.5, 0.6) is 0 Å². The van der Waals surface area contributed by atoms with E-state index in [2.05, 4.69) is 98.8 Å². The van der Waals surface area contributed by atoms with Crippen molar-refractivity contribution in [2.45, 2.75) is 109 Å². The predicted octanol–water partition coefficient (Wildman–Crippen LogP) is 11.7. The third-order valence-electron chi connectivity index (χ3n) is 11.4. The van der Waals surface area contributed by atoms with Crippen molar-refractivity contribution in [3.8, 4) is 22.3 Å². The molecule has 6 aromatic carbocycles. The van der Waals surface area contributed by atoms with Crippen molar-refractivity contribution in [3.05, 3.63) is 102 Å². The molecule has 2 N–H and O–H groups in total. The number of hydrogen-bond donors (Lipinski definition) is 2. The molecular weight excluding hydrogens is 583 g/mol. The summed E-state index contributed by atoms with van der Waals surface area (Å²) in [4.78, 5) is 0. The van der Waals surface area contributed by atoms with Crippen LogP contribution in [0, 0.1) is 0 Å². The molecule has 0 unspecified atom stereocenters. The molecule has 48 heavy (non-hydrogen) atoms. The molecule has 0 saturated heterocycles. The van der Waals surface area contributed by atoms with Gasteiger partial charge in [-0.05, 0) is 96.1 Å². The lowest BCUT2D eigenvalue weighted by Crippen LogP contribution is -2.35. The topological polar surface area (TPSA) is 40.5 Å². The zero-order chi connectivity index (χ0) is 33.1. The van der Waals surface area contributed by atoms with E-state index >= 15 is 0 Å². The van der Waals surface area contributed by atoms with Crippen LogP contribution in [0.4, 0.5) is 0 Å². The Kier molecular flexibility index (Phi) is 9.89. The van der Waals surface area contributed by atoms with Crippen LogP contribution in [-0.2, 0) is 5.41 Å². The fraction of sp³-hybridized carbons (Fsp3) is 0.378. The van der Waals surface area contributed by atoms with E-state index in [1.165, 1.54) is 132 Å². The summed E-state index contributed by atoms with van der Waals surface area (Å²) >= 11 is 0. The second kappa shape index (κ2) is 14.4. The first kappa shape index (κ1) is 32.9. The SMILES string of the molecule is CCCCCCCCC1(CCCCCCCC)c2ccccc2-c2ccc(B(O)O)c(-c3cc4ccc5cccc6ccc(c3)c4c56)c21. The van der Waals surface area contributed by atoms with Gasteiger partial charge in [-0.3, -0.25) is 0 Å². The average molecular weight is 635 g/mol. The molecular formula is C45H51BO2. The lowest BCUT2D eigenvalue weighted by atomic mass is 9.65. The summed E-state index contributed by atoms with van der Waals surface area (Å²) in [6.45, 7) is 4.57. The maximum Gasteiger partial charge on any atom is 0.489 e. The highest BCUT2D eigenvalue weighted by Gasteiger charge is 2.45. The lowest BCUT2D eigenvalue weighted by Gasteiger charge is -2.35. The molecule has 0 fully saturated rings. The van der Waals surface area contributed by atoms with E-state index < -0.39 is 7.12 Å². The molecule has 1 aliphatic carbocycles. The minimum absolute atomic E-state index is 0.166. The van der Waals surface area contributed by atoms with E-state index in [0.29, 0.717) is 5.46 Å². The molecule has 0 heterocycles. The molecule has 0 bridgehead atoms. The molecule has 7 rings (SSSR count). The quantitative estimate of drug-likeness (QED) is 0.0632. The molecule has 2 nitrogen and oxygen atoms in total. The number of unbranched alkanes of at least 4 members (excludes halogenated alkanes) is 10. The van der Waals surface area contributed by atoms with Gasteiger partial charge in [-0.2, -0.15) is 0 Å². The lowest BCUT2D eigenvalue weighted by molar-refractivity contribution is 0.398. The van der Waals surface area contributed by atoms with E-state index in [9.17, 15) is 10.0 Å². The van der Waals surface area contributed by atoms with Gasteiger partial charge in [0.15, 0.2) is 0 Å². The highest BCUT2D eigenvalue weighted by Crippen LogP contribution is 2.57. The van der Waals surface area contributed by atoms with Gasteiger partial charge < -0.3 is 10.0 Å². The summed E-state index contributed by atoms with van der Waals surface area (Å²) < 4.78 is 0. The Labute approximate surface area is 287 Å². The van der Waals surface area contributed by atoms with Crippen molar-refractivity contribution in [1.82, 2.24) is 0 Å². The second-order valence-corrected chi connectivity index (χ2v) is 14.5. The first-order valence-corrected chi connectivity index (χ1v) is 18.9. The van der Waals surface area contributed by atoms with E-state index in [4.69, 9.17) is 0 Å². The van der Waals surface area contributed by atoms with Gasteiger partial charge in [0.2, 0.25) is 0 Å². The van der Waals surface area contributed by atoms with Crippen LogP contribution in [0.15, 0.2) is 91.0 Å². The zero-order valence-corrected chi connectivity index (χ0v) is 29.0. The predicted molar refractivity (Wildman–Crippen MR) is 208 cm³/mol. The smallest absolute Gasteiger partial charge is 0.423 e. The minimum atomic E-state index is -1.55. The van der Waals surface area contributed by atoms with Crippen LogP contribution in [0.25, 0.3) is 54.6 Å². The van der Waals surface area contributed by atoms with Gasteiger partial charge in [-0.25, -0.2) is 0 Å². The van der Waals surface area contributed by atoms with Gasteiger partial charge in [-0.1, -0.05) is 170 Å². The second-order valence-electron chi connectivity index (χ2n) is 14.5. The number of hydrogen-bond acceptors (Lipinski definition) is 2. The minimum Gasteiger partial charge on any atom is -0.423 e. The first-order chi connectivity index (χ1) is 23.6. The van der Waals surface area contributed by atoms with E-state index in [-0.39, 0.29) is 5.41 Å². The molecule has 6 aromatic rings. The third-order valence-corrected chi connectivity index (χ3v) is 11.4. The molecule has 0 amide bonds. The Balaban J connectivity index is 1.41. The number of fused-ring (bicyclic) bond motifs is 3. The van der Waals surface area contributed by atoms with Crippen LogP contribution < -0.4 is 5.46 Å². The molecule has 0 atom stereocenters. The number of rotatable bonds is 16. The van der Waals surface area contributed by atoms with Crippen LogP contribution in [0.1, 0.15) is 115 Å². The molecule has 0 aliphatic heterocycles. The molecule has 0 radical (unpaired) electrons. The monoisotopic (exact) mass is 634 g/mol. The van der Waals surface area contributed by atoms with Crippen molar-refractivity contribution in [3.63, 3.8) is 0 Å². The standard InChI is InChI=1S/C45H51BO2/c1-3-5-7-9-11-15-28-45(29-16-12-10-8-6-4-2)39-21-14-13-20-37(39)38-26-27-40(46(47)48)43(44(38)45)36-30-34-24-22-32-18-17-19-33-23-25-35(31-36)42(34)41(32)33/h13-14,17-27,30-31,47-48H,3-12,15-16,28-29H2,1-2H3. The Morgan fingerprint density at radius 3 is 1.67 bits per heavy atom. The molecule has 1 aliphatic rings. The normalized spacial score (nSPS) is 13.5. The summed E-state index contributed by atoms with van der Waals surface area (Å²) in [6.07, 6.45) is 17.4. The van der Waals surface area contributed by atoms with Gasteiger partial charge in [0.25, 0.3) is 0 Å². The van der Waals surface area contributed by atoms with Crippen LogP contribution >= 0.6 is 0 Å². The van der Waals surface area contributed by atoms with Crippen molar-refractivity contribution in [1.29, 1.82) is 0 Å². The Bertz CT molecular complexity index is 1930. The molecule has 3 heteroatoms. The molecule has 0 spiro atoms. The van der Waals surface area contributed by atoms with Gasteiger partial charge in [0.05, 0.1) is 0 Å². The molecule has 0 aromatic heterocycles. The van der Waals surface area contributed by atoms with Gasteiger partial charge in [-0.15, -0.1) is 0 Å². The van der Waals surface area contributed by atoms with Crippen molar-refractivity contribution < 1.29 is 10.0 Å². The molecule has 246 valence electrons.